The van der Waals surface area contributed by atoms with E-state index in [0.29, 0.717) is 23.3 Å². The van der Waals surface area contributed by atoms with Crippen LogP contribution in [0.2, 0.25) is 0 Å². The molecular formula is C24H30N4O3. The second-order valence-electron chi connectivity index (χ2n) is 7.84. The van der Waals surface area contributed by atoms with Gasteiger partial charge in [-0.2, -0.15) is 5.10 Å². The van der Waals surface area contributed by atoms with Crippen LogP contribution in [0.3, 0.4) is 0 Å². The Balaban J connectivity index is 1.66. The normalized spacial score (nSPS) is 17.5. The van der Waals surface area contributed by atoms with Gasteiger partial charge in [0, 0.05) is 43.3 Å². The number of likely N-dealkylation sites (N-methyl/N-ethyl adjacent to an activating group) is 1. The molecular weight excluding hydrogens is 392 g/mol. The quantitative estimate of drug-likeness (QED) is 0.628. The van der Waals surface area contributed by atoms with Crippen LogP contribution < -0.4 is 14.2 Å². The van der Waals surface area contributed by atoms with Gasteiger partial charge in [0.25, 0.3) is 0 Å². The largest absolute Gasteiger partial charge is 0.493 e. The third-order valence-electron chi connectivity index (χ3n) is 5.92. The van der Waals surface area contributed by atoms with Gasteiger partial charge in [0.15, 0.2) is 11.5 Å². The molecule has 0 radical (unpaired) electrons. The van der Waals surface area contributed by atoms with Crippen molar-refractivity contribution in [2.75, 3.05) is 48.0 Å². The summed E-state index contributed by atoms with van der Waals surface area (Å²) in [5.41, 5.74) is 4.39. The van der Waals surface area contributed by atoms with E-state index in [-0.39, 0.29) is 0 Å². The van der Waals surface area contributed by atoms with Gasteiger partial charge < -0.3 is 19.1 Å². The molecule has 1 aliphatic heterocycles. The lowest BCUT2D eigenvalue weighted by Crippen LogP contribution is -2.46. The number of aromatic amines is 1. The van der Waals surface area contributed by atoms with E-state index in [2.05, 4.69) is 57.4 Å². The number of nitrogens with zero attached hydrogens (tertiary/aromatic N) is 3. The van der Waals surface area contributed by atoms with E-state index in [0.717, 1.165) is 43.0 Å². The van der Waals surface area contributed by atoms with Crippen LogP contribution in [0.5, 0.6) is 17.2 Å². The van der Waals surface area contributed by atoms with Gasteiger partial charge in [-0.25, -0.2) is 0 Å². The third kappa shape index (κ3) is 4.38. The van der Waals surface area contributed by atoms with Crippen LogP contribution in [-0.2, 0) is 6.54 Å². The van der Waals surface area contributed by atoms with Crippen LogP contribution >= 0.6 is 0 Å². The first-order chi connectivity index (χ1) is 15.1. The number of aromatic nitrogens is 2. The maximum Gasteiger partial charge on any atom is 0.203 e. The van der Waals surface area contributed by atoms with Crippen molar-refractivity contribution < 1.29 is 14.2 Å². The molecule has 31 heavy (non-hydrogen) atoms. The first-order valence-corrected chi connectivity index (χ1v) is 10.4. The summed E-state index contributed by atoms with van der Waals surface area (Å²) in [5.74, 6) is 1.83. The number of hydrogen-bond donors (Lipinski definition) is 1. The second kappa shape index (κ2) is 9.41. The molecule has 164 valence electrons. The highest BCUT2D eigenvalue weighted by atomic mass is 16.5. The van der Waals surface area contributed by atoms with Crippen LogP contribution in [0.4, 0.5) is 0 Å². The fraction of sp³-hybridized carbons (Fsp3) is 0.375. The number of methoxy groups -OCH3 is 3. The van der Waals surface area contributed by atoms with Crippen molar-refractivity contribution in [3.05, 3.63) is 59.8 Å². The molecule has 1 N–H and O–H groups in total. The molecule has 1 saturated heterocycles. The minimum atomic E-state index is 0.336. The highest BCUT2D eigenvalue weighted by molar-refractivity contribution is 5.70. The van der Waals surface area contributed by atoms with Crippen molar-refractivity contribution >= 4 is 0 Å². The van der Waals surface area contributed by atoms with E-state index in [9.17, 15) is 0 Å². The number of benzene rings is 2. The zero-order chi connectivity index (χ0) is 21.8. The van der Waals surface area contributed by atoms with Crippen LogP contribution in [0, 0.1) is 0 Å². The number of rotatable bonds is 7. The second-order valence-corrected chi connectivity index (χ2v) is 7.84. The lowest BCUT2D eigenvalue weighted by atomic mass is 10.0. The Kier molecular flexibility index (Phi) is 6.44. The molecule has 0 aliphatic carbocycles. The van der Waals surface area contributed by atoms with Gasteiger partial charge >= 0.3 is 0 Å². The summed E-state index contributed by atoms with van der Waals surface area (Å²) in [7, 11) is 7.05. The molecule has 7 nitrogen and oxygen atoms in total. The fourth-order valence-electron chi connectivity index (χ4n) is 4.26. The highest BCUT2D eigenvalue weighted by Gasteiger charge is 2.28. The molecule has 0 saturated carbocycles. The standard InChI is InChI=1S/C24H30N4O3/c1-27-10-11-28(20(16-27)17-8-6-5-7-9-17)15-19-14-25-26-23(19)18-12-21(29-2)24(31-4)22(13-18)30-3/h5-9,12-14,20H,10-11,15-16H2,1-4H3,(H,25,26). The Bertz CT molecular complexity index is 980. The molecule has 4 rings (SSSR count). The molecule has 2 aromatic carbocycles. The summed E-state index contributed by atoms with van der Waals surface area (Å²) in [6.07, 6.45) is 1.92. The maximum absolute atomic E-state index is 5.54. The van der Waals surface area contributed by atoms with Gasteiger partial charge in [-0.05, 0) is 24.7 Å². The Labute approximate surface area is 183 Å². The summed E-state index contributed by atoms with van der Waals surface area (Å²) < 4.78 is 16.5. The van der Waals surface area contributed by atoms with Crippen molar-refractivity contribution in [2.24, 2.45) is 0 Å². The first kappa shape index (κ1) is 21.2. The van der Waals surface area contributed by atoms with Crippen molar-refractivity contribution in [3.63, 3.8) is 0 Å². The lowest BCUT2D eigenvalue weighted by Gasteiger charge is -2.40. The van der Waals surface area contributed by atoms with Gasteiger partial charge in [0.05, 0.1) is 33.2 Å². The van der Waals surface area contributed by atoms with Gasteiger partial charge in [0.2, 0.25) is 5.75 Å². The molecule has 0 amide bonds. The monoisotopic (exact) mass is 422 g/mol. The minimum absolute atomic E-state index is 0.336. The molecule has 1 aliphatic rings. The Hall–Kier alpha value is -3.03. The molecule has 3 aromatic rings. The fourth-order valence-corrected chi connectivity index (χ4v) is 4.26. The number of H-pyrrole nitrogens is 1. The van der Waals surface area contributed by atoms with E-state index < -0.39 is 0 Å². The average molecular weight is 423 g/mol. The van der Waals surface area contributed by atoms with Crippen molar-refractivity contribution in [1.82, 2.24) is 20.0 Å². The molecule has 1 fully saturated rings. The van der Waals surface area contributed by atoms with Crippen LogP contribution in [0.25, 0.3) is 11.3 Å². The molecule has 2 heterocycles. The third-order valence-corrected chi connectivity index (χ3v) is 5.92. The van der Waals surface area contributed by atoms with Crippen molar-refractivity contribution in [3.8, 4) is 28.5 Å². The van der Waals surface area contributed by atoms with Crippen LogP contribution in [-0.4, -0.2) is 68.0 Å². The van der Waals surface area contributed by atoms with E-state index >= 15 is 0 Å². The number of ether oxygens (including phenoxy) is 3. The molecule has 0 bridgehead atoms. The lowest BCUT2D eigenvalue weighted by molar-refractivity contribution is 0.0835. The number of nitrogens with one attached hydrogen (secondary N) is 1. The first-order valence-electron chi connectivity index (χ1n) is 10.4. The SMILES string of the molecule is COc1cc(-c2[nH]ncc2CN2CCN(C)CC2c2ccccc2)cc(OC)c1OC. The number of hydrogen-bond acceptors (Lipinski definition) is 6. The van der Waals surface area contributed by atoms with Gasteiger partial charge in [-0.1, -0.05) is 30.3 Å². The van der Waals surface area contributed by atoms with Crippen molar-refractivity contribution in [2.45, 2.75) is 12.6 Å². The Morgan fingerprint density at radius 3 is 2.35 bits per heavy atom. The number of piperazine rings is 1. The van der Waals surface area contributed by atoms with E-state index in [1.165, 1.54) is 5.56 Å². The highest BCUT2D eigenvalue weighted by Crippen LogP contribution is 2.41. The van der Waals surface area contributed by atoms with Crippen LogP contribution in [0.15, 0.2) is 48.7 Å². The predicted octanol–water partition coefficient (Wildman–Crippen LogP) is 3.59. The van der Waals surface area contributed by atoms with E-state index in [1.807, 2.05) is 18.3 Å². The molecule has 1 unspecified atom stereocenters. The Morgan fingerprint density at radius 2 is 1.71 bits per heavy atom. The van der Waals surface area contributed by atoms with E-state index in [1.54, 1.807) is 21.3 Å². The zero-order valence-electron chi connectivity index (χ0n) is 18.6. The minimum Gasteiger partial charge on any atom is -0.493 e. The van der Waals surface area contributed by atoms with Gasteiger partial charge in [-0.3, -0.25) is 10.00 Å². The predicted molar refractivity (Wildman–Crippen MR) is 121 cm³/mol. The topological polar surface area (TPSA) is 62.9 Å². The summed E-state index contributed by atoms with van der Waals surface area (Å²) in [6.45, 7) is 3.84. The molecule has 1 atom stereocenters. The summed E-state index contributed by atoms with van der Waals surface area (Å²) >= 11 is 0. The molecule has 0 spiro atoms. The maximum atomic E-state index is 5.54. The zero-order valence-corrected chi connectivity index (χ0v) is 18.6. The van der Waals surface area contributed by atoms with Gasteiger partial charge in [0.1, 0.15) is 0 Å². The summed E-state index contributed by atoms with van der Waals surface area (Å²) in [5, 5.41) is 7.53. The van der Waals surface area contributed by atoms with Crippen molar-refractivity contribution in [1.29, 1.82) is 0 Å². The molecule has 1 aromatic heterocycles. The Morgan fingerprint density at radius 1 is 1.00 bits per heavy atom. The van der Waals surface area contributed by atoms with Crippen LogP contribution in [0.1, 0.15) is 17.2 Å². The summed E-state index contributed by atoms with van der Waals surface area (Å²) in [6, 6.07) is 15.0. The molecule has 7 heteroatoms. The summed E-state index contributed by atoms with van der Waals surface area (Å²) in [4.78, 5) is 4.92. The smallest absolute Gasteiger partial charge is 0.203 e. The van der Waals surface area contributed by atoms with Gasteiger partial charge in [-0.15, -0.1) is 0 Å². The van der Waals surface area contributed by atoms with E-state index in [4.69, 9.17) is 14.2 Å². The average Bonchev–Trinajstić information content (AvgIpc) is 3.27.